The highest BCUT2D eigenvalue weighted by molar-refractivity contribution is 5.31. The number of aliphatic hydroxyl groups excluding tert-OH is 1. The van der Waals surface area contributed by atoms with E-state index in [0.29, 0.717) is 0 Å². The summed E-state index contributed by atoms with van der Waals surface area (Å²) in [5.41, 5.74) is 3.95. The van der Waals surface area contributed by atoms with E-state index in [2.05, 4.69) is 35.7 Å². The zero-order valence-electron chi connectivity index (χ0n) is 11.0. The Hall–Kier alpha value is -1.12. The fraction of sp³-hybridized carbons (Fsp3) is 0.500. The molecular formula is C16H21NO. The Bertz CT molecular complexity index is 468. The second-order valence-electron chi connectivity index (χ2n) is 5.74. The summed E-state index contributed by atoms with van der Waals surface area (Å²) in [6.45, 7) is 8.14. The minimum atomic E-state index is -0.260. The first-order valence-corrected chi connectivity index (χ1v) is 6.81. The van der Waals surface area contributed by atoms with Crippen LogP contribution in [0.2, 0.25) is 0 Å². The van der Waals surface area contributed by atoms with Gasteiger partial charge in [-0.05, 0) is 37.4 Å². The number of fused-ring (bicyclic) bond motifs is 2. The van der Waals surface area contributed by atoms with E-state index in [4.69, 9.17) is 0 Å². The maximum atomic E-state index is 10.6. The minimum absolute atomic E-state index is 0.260. The molecule has 2 aliphatic heterocycles. The first-order valence-electron chi connectivity index (χ1n) is 6.81. The van der Waals surface area contributed by atoms with E-state index in [0.717, 1.165) is 31.5 Å². The average molecular weight is 243 g/mol. The fourth-order valence-corrected chi connectivity index (χ4v) is 3.46. The molecule has 0 amide bonds. The van der Waals surface area contributed by atoms with Crippen molar-refractivity contribution in [2.45, 2.75) is 38.5 Å². The Kier molecular flexibility index (Phi) is 3.00. The fourth-order valence-electron chi connectivity index (χ4n) is 3.46. The van der Waals surface area contributed by atoms with E-state index >= 15 is 0 Å². The number of benzene rings is 1. The molecule has 3 atom stereocenters. The van der Waals surface area contributed by atoms with Crippen LogP contribution in [0, 0.1) is 5.92 Å². The molecule has 0 radical (unpaired) electrons. The van der Waals surface area contributed by atoms with Crippen LogP contribution < -0.4 is 0 Å². The lowest BCUT2D eigenvalue weighted by atomic mass is 9.79. The molecule has 2 heteroatoms. The van der Waals surface area contributed by atoms with Crippen molar-refractivity contribution >= 4 is 0 Å². The lowest BCUT2D eigenvalue weighted by Gasteiger charge is -2.46. The van der Waals surface area contributed by atoms with Crippen molar-refractivity contribution in [1.82, 2.24) is 4.90 Å². The molecule has 0 bridgehead atoms. The maximum absolute atomic E-state index is 10.6. The van der Waals surface area contributed by atoms with Gasteiger partial charge in [-0.2, -0.15) is 0 Å². The zero-order chi connectivity index (χ0) is 12.7. The van der Waals surface area contributed by atoms with Crippen molar-refractivity contribution in [2.75, 3.05) is 6.54 Å². The summed E-state index contributed by atoms with van der Waals surface area (Å²) in [6.07, 6.45) is 1.75. The molecule has 96 valence electrons. The highest BCUT2D eigenvalue weighted by Crippen LogP contribution is 2.34. The predicted octanol–water partition coefficient (Wildman–Crippen LogP) is 2.37. The molecule has 1 N–H and O–H groups in total. The Morgan fingerprint density at radius 2 is 2.06 bits per heavy atom. The number of nitrogens with zero attached hydrogens (tertiary/aromatic N) is 1. The van der Waals surface area contributed by atoms with Crippen LogP contribution in [-0.4, -0.2) is 28.7 Å². The molecule has 1 saturated heterocycles. The SMILES string of the molecule is C=C(C)[C@H]1CCN2Cc3ccccc3C[C@H]2[C@H]1O. The third kappa shape index (κ3) is 1.90. The monoisotopic (exact) mass is 243 g/mol. The van der Waals surface area contributed by atoms with Gasteiger partial charge < -0.3 is 5.11 Å². The van der Waals surface area contributed by atoms with Gasteiger partial charge in [0.05, 0.1) is 6.10 Å². The molecule has 18 heavy (non-hydrogen) atoms. The van der Waals surface area contributed by atoms with Crippen LogP contribution in [0.15, 0.2) is 36.4 Å². The van der Waals surface area contributed by atoms with Crippen LogP contribution in [0.1, 0.15) is 24.5 Å². The average Bonchev–Trinajstić information content (AvgIpc) is 2.37. The van der Waals surface area contributed by atoms with E-state index in [-0.39, 0.29) is 18.1 Å². The van der Waals surface area contributed by atoms with Crippen molar-refractivity contribution in [3.8, 4) is 0 Å². The van der Waals surface area contributed by atoms with Gasteiger partial charge in [-0.3, -0.25) is 4.90 Å². The van der Waals surface area contributed by atoms with Crippen LogP contribution >= 0.6 is 0 Å². The molecule has 2 aliphatic rings. The highest BCUT2D eigenvalue weighted by atomic mass is 16.3. The summed E-state index contributed by atoms with van der Waals surface area (Å²) in [7, 11) is 0. The van der Waals surface area contributed by atoms with Crippen molar-refractivity contribution in [2.24, 2.45) is 5.92 Å². The van der Waals surface area contributed by atoms with Gasteiger partial charge in [0.2, 0.25) is 0 Å². The summed E-state index contributed by atoms with van der Waals surface area (Å²) in [5.74, 6) is 0.275. The van der Waals surface area contributed by atoms with Gasteiger partial charge in [0.1, 0.15) is 0 Å². The number of hydrogen-bond acceptors (Lipinski definition) is 2. The van der Waals surface area contributed by atoms with E-state index in [1.165, 1.54) is 11.1 Å². The largest absolute Gasteiger partial charge is 0.391 e. The summed E-state index contributed by atoms with van der Waals surface area (Å²) >= 11 is 0. The molecule has 0 aliphatic carbocycles. The first-order chi connectivity index (χ1) is 8.66. The van der Waals surface area contributed by atoms with Gasteiger partial charge >= 0.3 is 0 Å². The van der Waals surface area contributed by atoms with Gasteiger partial charge in [0.15, 0.2) is 0 Å². The normalized spacial score (nSPS) is 31.6. The molecule has 1 aromatic rings. The Labute approximate surface area is 109 Å². The molecule has 2 heterocycles. The van der Waals surface area contributed by atoms with Crippen molar-refractivity contribution in [1.29, 1.82) is 0 Å². The summed E-state index contributed by atoms with van der Waals surface area (Å²) in [6, 6.07) is 8.89. The van der Waals surface area contributed by atoms with Crippen molar-refractivity contribution in [3.63, 3.8) is 0 Å². The highest BCUT2D eigenvalue weighted by Gasteiger charge is 2.39. The standard InChI is InChI=1S/C16H21NO/c1-11(2)14-7-8-17-10-13-6-4-3-5-12(13)9-15(17)16(14)18/h3-6,14-16,18H,1,7-10H2,2H3/t14-,15+,16+/m1/s1. The molecule has 2 nitrogen and oxygen atoms in total. The summed E-state index contributed by atoms with van der Waals surface area (Å²) < 4.78 is 0. The second kappa shape index (κ2) is 4.52. The van der Waals surface area contributed by atoms with Gasteiger partial charge in [0, 0.05) is 18.5 Å². The summed E-state index contributed by atoms with van der Waals surface area (Å²) in [4.78, 5) is 2.44. The lowest BCUT2D eigenvalue weighted by molar-refractivity contribution is -0.0274. The molecule has 0 saturated carbocycles. The number of piperidine rings is 1. The van der Waals surface area contributed by atoms with Crippen LogP contribution in [0.25, 0.3) is 0 Å². The van der Waals surface area contributed by atoms with Crippen LogP contribution in [0.5, 0.6) is 0 Å². The molecule has 0 unspecified atom stereocenters. The molecule has 1 aromatic carbocycles. The van der Waals surface area contributed by atoms with E-state index in [1.54, 1.807) is 0 Å². The van der Waals surface area contributed by atoms with Crippen molar-refractivity contribution in [3.05, 3.63) is 47.5 Å². The molecule has 1 fully saturated rings. The number of aliphatic hydroxyl groups is 1. The topological polar surface area (TPSA) is 23.5 Å². The zero-order valence-corrected chi connectivity index (χ0v) is 11.0. The van der Waals surface area contributed by atoms with E-state index < -0.39 is 0 Å². The quantitative estimate of drug-likeness (QED) is 0.765. The third-order valence-corrected chi connectivity index (χ3v) is 4.56. The first kappa shape index (κ1) is 11.9. The van der Waals surface area contributed by atoms with Crippen LogP contribution in [0.3, 0.4) is 0 Å². The maximum Gasteiger partial charge on any atom is 0.0764 e. The smallest absolute Gasteiger partial charge is 0.0764 e. The van der Waals surface area contributed by atoms with Gasteiger partial charge in [-0.15, -0.1) is 0 Å². The molecular weight excluding hydrogens is 222 g/mol. The van der Waals surface area contributed by atoms with Crippen molar-refractivity contribution < 1.29 is 5.11 Å². The lowest BCUT2D eigenvalue weighted by Crippen LogP contribution is -2.55. The second-order valence-corrected chi connectivity index (χ2v) is 5.74. The Morgan fingerprint density at radius 3 is 2.78 bits per heavy atom. The van der Waals surface area contributed by atoms with Gasteiger partial charge in [-0.25, -0.2) is 0 Å². The van der Waals surface area contributed by atoms with Crippen LogP contribution in [-0.2, 0) is 13.0 Å². The molecule has 0 spiro atoms. The Morgan fingerprint density at radius 1 is 1.33 bits per heavy atom. The number of rotatable bonds is 1. The molecule has 3 rings (SSSR count). The molecule has 0 aromatic heterocycles. The van der Waals surface area contributed by atoms with Gasteiger partial charge in [-0.1, -0.05) is 36.4 Å². The van der Waals surface area contributed by atoms with E-state index in [1.807, 2.05) is 6.92 Å². The minimum Gasteiger partial charge on any atom is -0.391 e. The summed E-state index contributed by atoms with van der Waals surface area (Å²) in [5, 5.41) is 10.6. The number of hydrogen-bond donors (Lipinski definition) is 1. The Balaban J connectivity index is 1.87. The van der Waals surface area contributed by atoms with Crippen LogP contribution in [0.4, 0.5) is 0 Å². The third-order valence-electron chi connectivity index (χ3n) is 4.56. The predicted molar refractivity (Wildman–Crippen MR) is 73.3 cm³/mol. The van der Waals surface area contributed by atoms with E-state index in [9.17, 15) is 5.11 Å². The van der Waals surface area contributed by atoms with Gasteiger partial charge in [0.25, 0.3) is 0 Å².